The smallest absolute Gasteiger partial charge is 0.397 e. The third kappa shape index (κ3) is 33.7. The lowest BCUT2D eigenvalue weighted by Crippen LogP contribution is -2.60. The SMILES string of the molecule is CCCCCCCC/C=C\CCCCCCCCCCOCC(COC1OC(CO)C(O)C(OS(=O)(=O)O)C1O)OC(=O)CCCCCCC/C=C\CCCCCCCCC. The van der Waals surface area contributed by atoms with Gasteiger partial charge >= 0.3 is 16.4 Å². The number of carbonyl (C=O) groups is 1. The lowest BCUT2D eigenvalue weighted by Gasteiger charge is -2.41. The van der Waals surface area contributed by atoms with Crippen LogP contribution in [0, 0.1) is 0 Å². The minimum Gasteiger partial charge on any atom is -0.457 e. The van der Waals surface area contributed by atoms with Crippen LogP contribution in [0.3, 0.4) is 0 Å². The number of aliphatic hydroxyl groups excluding tert-OH is 3. The van der Waals surface area contributed by atoms with Gasteiger partial charge in [0.25, 0.3) is 0 Å². The normalized spacial score (nSPS) is 20.3. The van der Waals surface area contributed by atoms with E-state index in [1.165, 1.54) is 128 Å². The van der Waals surface area contributed by atoms with Crippen molar-refractivity contribution >= 4 is 16.4 Å². The molecular weight excluding hydrogens is 801 g/mol. The average molecular weight is 891 g/mol. The van der Waals surface area contributed by atoms with Crippen LogP contribution in [-0.4, -0.2) is 97.5 Å². The van der Waals surface area contributed by atoms with Crippen LogP contribution in [0.15, 0.2) is 24.3 Å². The first kappa shape index (κ1) is 57.6. The third-order valence-electron chi connectivity index (χ3n) is 11.3. The molecule has 6 atom stereocenters. The number of hydrogen-bond acceptors (Lipinski definition) is 11. The number of esters is 1. The topological polar surface area (TPSA) is 178 Å². The molecule has 12 nitrogen and oxygen atoms in total. The monoisotopic (exact) mass is 891 g/mol. The van der Waals surface area contributed by atoms with E-state index >= 15 is 0 Å². The Labute approximate surface area is 371 Å². The van der Waals surface area contributed by atoms with E-state index in [1.807, 2.05) is 0 Å². The lowest BCUT2D eigenvalue weighted by molar-refractivity contribution is -0.301. The van der Waals surface area contributed by atoms with Crippen LogP contribution in [0.2, 0.25) is 0 Å². The standard InChI is InChI=1S/C48H90O12S/c1-3-5-7-9-11-13-15-17-19-21-22-24-26-28-30-32-34-36-38-56-40-42(41-57-48-46(52)47(60-61(53,54)55)45(51)43(39-49)59-48)58-44(50)37-35-33-31-29-27-25-23-20-18-16-14-12-10-8-6-4-2/h17,19-20,23,42-43,45-49,51-52H,3-16,18,21-22,24-41H2,1-2H3,(H,53,54,55)/b19-17-,23-20-. The molecule has 61 heavy (non-hydrogen) atoms. The van der Waals surface area contributed by atoms with E-state index in [1.54, 1.807) is 0 Å². The fraction of sp³-hybridized carbons (Fsp3) is 0.896. The molecule has 4 N–H and O–H groups in total. The first-order valence-corrected chi connectivity index (χ1v) is 26.0. The highest BCUT2D eigenvalue weighted by Crippen LogP contribution is 2.26. The molecule has 0 radical (unpaired) electrons. The van der Waals surface area contributed by atoms with Crippen molar-refractivity contribution in [1.82, 2.24) is 0 Å². The zero-order valence-electron chi connectivity index (χ0n) is 38.5. The summed E-state index contributed by atoms with van der Waals surface area (Å²) >= 11 is 0. The van der Waals surface area contributed by atoms with Crippen molar-refractivity contribution in [3.8, 4) is 0 Å². The van der Waals surface area contributed by atoms with Crippen molar-refractivity contribution < 1.29 is 56.2 Å². The Balaban J connectivity index is 2.39. The van der Waals surface area contributed by atoms with Gasteiger partial charge in [0, 0.05) is 13.0 Å². The molecule has 0 bridgehead atoms. The maximum Gasteiger partial charge on any atom is 0.397 e. The van der Waals surface area contributed by atoms with Gasteiger partial charge in [0.2, 0.25) is 0 Å². The first-order chi connectivity index (χ1) is 29.6. The fourth-order valence-electron chi connectivity index (χ4n) is 7.54. The molecule has 1 fully saturated rings. The van der Waals surface area contributed by atoms with Crippen molar-refractivity contribution in [1.29, 1.82) is 0 Å². The van der Waals surface area contributed by atoms with Crippen LogP contribution in [0.1, 0.15) is 213 Å². The van der Waals surface area contributed by atoms with E-state index in [0.717, 1.165) is 57.8 Å². The molecular formula is C48H90O12S. The van der Waals surface area contributed by atoms with Gasteiger partial charge in [-0.3, -0.25) is 9.35 Å². The predicted octanol–water partition coefficient (Wildman–Crippen LogP) is 10.8. The van der Waals surface area contributed by atoms with Gasteiger partial charge in [-0.15, -0.1) is 0 Å². The summed E-state index contributed by atoms with van der Waals surface area (Å²) in [4.78, 5) is 12.9. The van der Waals surface area contributed by atoms with Crippen LogP contribution >= 0.6 is 0 Å². The second-order valence-electron chi connectivity index (χ2n) is 17.0. The molecule has 1 aliphatic heterocycles. The van der Waals surface area contributed by atoms with Gasteiger partial charge in [-0.25, -0.2) is 4.18 Å². The van der Waals surface area contributed by atoms with Crippen LogP contribution in [-0.2, 0) is 38.3 Å². The second-order valence-corrected chi connectivity index (χ2v) is 18.1. The maximum absolute atomic E-state index is 12.9. The van der Waals surface area contributed by atoms with E-state index in [4.69, 9.17) is 18.9 Å². The van der Waals surface area contributed by atoms with Crippen molar-refractivity contribution in [2.24, 2.45) is 0 Å². The summed E-state index contributed by atoms with van der Waals surface area (Å²) in [5, 5.41) is 30.7. The summed E-state index contributed by atoms with van der Waals surface area (Å²) in [5.74, 6) is -0.406. The Morgan fingerprint density at radius 3 is 1.48 bits per heavy atom. The van der Waals surface area contributed by atoms with Gasteiger partial charge < -0.3 is 34.3 Å². The summed E-state index contributed by atoms with van der Waals surface area (Å²) in [6.45, 7) is 3.99. The summed E-state index contributed by atoms with van der Waals surface area (Å²) in [6.07, 6.45) is 36.3. The molecule has 1 saturated heterocycles. The fourth-order valence-corrected chi connectivity index (χ4v) is 8.05. The minimum atomic E-state index is -5.06. The molecule has 1 rings (SSSR count). The maximum atomic E-state index is 12.9. The second kappa shape index (κ2) is 40.1. The van der Waals surface area contributed by atoms with Crippen molar-refractivity contribution in [3.05, 3.63) is 24.3 Å². The van der Waals surface area contributed by atoms with E-state index in [-0.39, 0.29) is 19.6 Å². The Morgan fingerprint density at radius 1 is 0.607 bits per heavy atom. The van der Waals surface area contributed by atoms with Gasteiger partial charge in [-0.2, -0.15) is 8.42 Å². The zero-order chi connectivity index (χ0) is 44.7. The summed E-state index contributed by atoms with van der Waals surface area (Å²) in [5.41, 5.74) is 0. The zero-order valence-corrected chi connectivity index (χ0v) is 39.3. The highest BCUT2D eigenvalue weighted by Gasteiger charge is 2.48. The summed E-state index contributed by atoms with van der Waals surface area (Å²) < 4.78 is 59.2. The Bertz CT molecular complexity index is 1170. The van der Waals surface area contributed by atoms with Crippen molar-refractivity contribution in [2.45, 2.75) is 250 Å². The molecule has 0 aromatic carbocycles. The van der Waals surface area contributed by atoms with E-state index in [2.05, 4.69) is 42.3 Å². The molecule has 360 valence electrons. The molecule has 0 saturated carbocycles. The summed E-state index contributed by atoms with van der Waals surface area (Å²) in [6, 6.07) is 0. The summed E-state index contributed by atoms with van der Waals surface area (Å²) in [7, 11) is -5.06. The van der Waals surface area contributed by atoms with Crippen LogP contribution in [0.4, 0.5) is 0 Å². The van der Waals surface area contributed by atoms with Crippen LogP contribution in [0.5, 0.6) is 0 Å². The van der Waals surface area contributed by atoms with E-state index < -0.39 is 59.8 Å². The van der Waals surface area contributed by atoms with Crippen LogP contribution < -0.4 is 0 Å². The lowest BCUT2D eigenvalue weighted by atomic mass is 9.99. The van der Waals surface area contributed by atoms with Gasteiger partial charge in [0.1, 0.15) is 30.5 Å². The molecule has 0 aromatic rings. The average Bonchev–Trinajstić information content (AvgIpc) is 3.23. The quantitative estimate of drug-likeness (QED) is 0.0197. The van der Waals surface area contributed by atoms with Crippen molar-refractivity contribution in [2.75, 3.05) is 26.4 Å². The Kier molecular flexibility index (Phi) is 37.9. The number of aliphatic hydroxyl groups is 3. The molecule has 0 aliphatic carbocycles. The van der Waals surface area contributed by atoms with Gasteiger partial charge in [0.05, 0.1) is 19.8 Å². The predicted molar refractivity (Wildman–Crippen MR) is 244 cm³/mol. The Morgan fingerprint density at radius 2 is 1.03 bits per heavy atom. The number of hydrogen-bond donors (Lipinski definition) is 4. The molecule has 0 spiro atoms. The highest BCUT2D eigenvalue weighted by atomic mass is 32.3. The number of unbranched alkanes of at least 4 members (excludes halogenated alkanes) is 26. The Hall–Kier alpha value is -1.42. The number of allylic oxidation sites excluding steroid dienone is 4. The van der Waals surface area contributed by atoms with E-state index in [9.17, 15) is 33.1 Å². The number of rotatable bonds is 43. The van der Waals surface area contributed by atoms with E-state index in [0.29, 0.717) is 13.0 Å². The highest BCUT2D eigenvalue weighted by molar-refractivity contribution is 7.80. The largest absolute Gasteiger partial charge is 0.457 e. The molecule has 1 heterocycles. The molecule has 1 aliphatic rings. The molecule has 0 amide bonds. The van der Waals surface area contributed by atoms with Crippen molar-refractivity contribution in [3.63, 3.8) is 0 Å². The molecule has 6 unspecified atom stereocenters. The first-order valence-electron chi connectivity index (χ1n) is 24.6. The van der Waals surface area contributed by atoms with Gasteiger partial charge in [-0.1, -0.05) is 167 Å². The van der Waals surface area contributed by atoms with Gasteiger partial charge in [0.15, 0.2) is 6.29 Å². The third-order valence-corrected chi connectivity index (χ3v) is 11.8. The number of ether oxygens (including phenoxy) is 4. The van der Waals surface area contributed by atoms with Crippen LogP contribution in [0.25, 0.3) is 0 Å². The minimum absolute atomic E-state index is 0.0332. The van der Waals surface area contributed by atoms with Gasteiger partial charge in [-0.05, 0) is 64.2 Å². The number of carbonyl (C=O) groups excluding carboxylic acids is 1. The molecule has 13 heteroatoms. The molecule has 0 aromatic heterocycles.